The van der Waals surface area contributed by atoms with E-state index in [1.54, 1.807) is 6.92 Å². The summed E-state index contributed by atoms with van der Waals surface area (Å²) in [6.07, 6.45) is 2.51. The van der Waals surface area contributed by atoms with Gasteiger partial charge in [0.1, 0.15) is 6.04 Å². The molecule has 0 aromatic carbocycles. The number of nitrogens with zero attached hydrogens (tertiary/aromatic N) is 2. The average molecular weight is 307 g/mol. The predicted molar refractivity (Wildman–Crippen MR) is 76.7 cm³/mol. The highest BCUT2D eigenvalue weighted by Gasteiger charge is 2.37. The van der Waals surface area contributed by atoms with Crippen LogP contribution >= 0.6 is 0 Å². The molecular formula is C12H25N3O4S. The van der Waals surface area contributed by atoms with Gasteiger partial charge in [0.2, 0.25) is 0 Å². The third kappa shape index (κ3) is 5.01. The van der Waals surface area contributed by atoms with Crippen LogP contribution in [0.3, 0.4) is 0 Å². The molecule has 1 fully saturated rings. The molecular weight excluding hydrogens is 282 g/mol. The summed E-state index contributed by atoms with van der Waals surface area (Å²) in [7, 11) is 0.105. The van der Waals surface area contributed by atoms with Gasteiger partial charge < -0.3 is 10.0 Å². The molecule has 1 heterocycles. The molecule has 1 aliphatic heterocycles. The van der Waals surface area contributed by atoms with Gasteiger partial charge in [-0.2, -0.15) is 17.4 Å². The minimum atomic E-state index is -3.74. The Hall–Kier alpha value is -0.700. The summed E-state index contributed by atoms with van der Waals surface area (Å²) >= 11 is 0. The molecule has 7 nitrogen and oxygen atoms in total. The van der Waals surface area contributed by atoms with Crippen LogP contribution in [0.15, 0.2) is 0 Å². The van der Waals surface area contributed by atoms with Crippen molar-refractivity contribution in [2.45, 2.75) is 44.7 Å². The van der Waals surface area contributed by atoms with Gasteiger partial charge >= 0.3 is 5.97 Å². The molecule has 20 heavy (non-hydrogen) atoms. The Bertz CT molecular complexity index is 424. The topological polar surface area (TPSA) is 90.0 Å². The first-order chi connectivity index (χ1) is 9.24. The molecule has 2 unspecified atom stereocenters. The van der Waals surface area contributed by atoms with Gasteiger partial charge in [-0.15, -0.1) is 0 Å². The van der Waals surface area contributed by atoms with Gasteiger partial charge in [0.05, 0.1) is 0 Å². The fraction of sp³-hybridized carbons (Fsp3) is 0.917. The Morgan fingerprint density at radius 2 is 2.10 bits per heavy atom. The number of aliphatic carboxylic acids is 1. The van der Waals surface area contributed by atoms with Crippen molar-refractivity contribution in [3.05, 3.63) is 0 Å². The summed E-state index contributed by atoms with van der Waals surface area (Å²) in [6.45, 7) is 2.83. The monoisotopic (exact) mass is 307 g/mol. The van der Waals surface area contributed by atoms with Crippen molar-refractivity contribution in [2.75, 3.05) is 27.2 Å². The zero-order valence-corrected chi connectivity index (χ0v) is 13.2. The van der Waals surface area contributed by atoms with Crippen LogP contribution in [0, 0.1) is 0 Å². The second-order valence-electron chi connectivity index (χ2n) is 5.58. The molecule has 0 radical (unpaired) electrons. The predicted octanol–water partition coefficient (Wildman–Crippen LogP) is 0.100. The molecule has 0 spiro atoms. The van der Waals surface area contributed by atoms with Crippen LogP contribution in [-0.2, 0) is 15.0 Å². The van der Waals surface area contributed by atoms with Crippen molar-refractivity contribution in [3.63, 3.8) is 0 Å². The van der Waals surface area contributed by atoms with E-state index in [4.69, 9.17) is 5.11 Å². The van der Waals surface area contributed by atoms with Gasteiger partial charge in [-0.3, -0.25) is 4.79 Å². The van der Waals surface area contributed by atoms with E-state index in [2.05, 4.69) is 4.72 Å². The van der Waals surface area contributed by atoms with Gasteiger partial charge in [0.15, 0.2) is 0 Å². The summed E-state index contributed by atoms with van der Waals surface area (Å²) < 4.78 is 28.2. The van der Waals surface area contributed by atoms with E-state index >= 15 is 0 Å². The normalized spacial score (nSPS) is 22.9. The first-order valence-electron chi connectivity index (χ1n) is 6.90. The van der Waals surface area contributed by atoms with Crippen LogP contribution in [-0.4, -0.2) is 68.0 Å². The fourth-order valence-corrected chi connectivity index (χ4v) is 3.93. The maximum absolute atomic E-state index is 12.3. The maximum atomic E-state index is 12.3. The average Bonchev–Trinajstić information content (AvgIpc) is 2.36. The zero-order valence-electron chi connectivity index (χ0n) is 12.4. The lowest BCUT2D eigenvalue weighted by Crippen LogP contribution is -2.53. The molecule has 0 aromatic heterocycles. The molecule has 0 bridgehead atoms. The third-order valence-electron chi connectivity index (χ3n) is 3.41. The first-order valence-corrected chi connectivity index (χ1v) is 8.34. The molecule has 1 saturated heterocycles. The fourth-order valence-electron chi connectivity index (χ4n) is 2.27. The molecule has 0 amide bonds. The van der Waals surface area contributed by atoms with Crippen LogP contribution in [0.2, 0.25) is 0 Å². The van der Waals surface area contributed by atoms with E-state index in [9.17, 15) is 13.2 Å². The highest BCUT2D eigenvalue weighted by atomic mass is 32.2. The molecule has 0 aliphatic carbocycles. The second kappa shape index (κ2) is 7.35. The lowest BCUT2D eigenvalue weighted by molar-refractivity contribution is -0.142. The highest BCUT2D eigenvalue weighted by molar-refractivity contribution is 7.87. The van der Waals surface area contributed by atoms with Crippen molar-refractivity contribution in [2.24, 2.45) is 0 Å². The SMILES string of the molecule is CC(CCN(C)C)NS(=O)(=O)N1CCCCC1C(=O)O. The first kappa shape index (κ1) is 17.4. The molecule has 0 saturated carbocycles. The van der Waals surface area contributed by atoms with E-state index in [0.717, 1.165) is 17.3 Å². The van der Waals surface area contributed by atoms with Crippen LogP contribution in [0.5, 0.6) is 0 Å². The Morgan fingerprint density at radius 1 is 1.45 bits per heavy atom. The van der Waals surface area contributed by atoms with Gasteiger partial charge in [0.25, 0.3) is 10.2 Å². The number of carboxylic acids is 1. The minimum Gasteiger partial charge on any atom is -0.480 e. The van der Waals surface area contributed by atoms with Gasteiger partial charge in [-0.1, -0.05) is 0 Å². The number of hydrogen-bond acceptors (Lipinski definition) is 4. The molecule has 2 N–H and O–H groups in total. The Balaban J connectivity index is 2.68. The summed E-state index contributed by atoms with van der Waals surface area (Å²) in [5, 5.41) is 9.14. The Labute approximate surface area is 121 Å². The largest absolute Gasteiger partial charge is 0.480 e. The molecule has 1 rings (SSSR count). The zero-order chi connectivity index (χ0) is 15.3. The van der Waals surface area contributed by atoms with Crippen LogP contribution in [0.1, 0.15) is 32.6 Å². The summed E-state index contributed by atoms with van der Waals surface area (Å²) in [5.74, 6) is -1.07. The van der Waals surface area contributed by atoms with E-state index in [1.807, 2.05) is 19.0 Å². The van der Waals surface area contributed by atoms with E-state index in [0.29, 0.717) is 19.3 Å². The quantitative estimate of drug-likeness (QED) is 0.696. The molecule has 1 aliphatic rings. The van der Waals surface area contributed by atoms with Gasteiger partial charge in [0, 0.05) is 12.6 Å². The lowest BCUT2D eigenvalue weighted by atomic mass is 10.1. The molecule has 118 valence electrons. The molecule has 8 heteroatoms. The van der Waals surface area contributed by atoms with Crippen molar-refractivity contribution < 1.29 is 18.3 Å². The minimum absolute atomic E-state index is 0.223. The van der Waals surface area contributed by atoms with Crippen LogP contribution in [0.4, 0.5) is 0 Å². The summed E-state index contributed by atoms with van der Waals surface area (Å²) in [4.78, 5) is 13.1. The van der Waals surface area contributed by atoms with Crippen molar-refractivity contribution >= 4 is 16.2 Å². The highest BCUT2D eigenvalue weighted by Crippen LogP contribution is 2.20. The van der Waals surface area contributed by atoms with Gasteiger partial charge in [-0.25, -0.2) is 0 Å². The number of carboxylic acid groups (broad SMARTS) is 1. The smallest absolute Gasteiger partial charge is 0.322 e. The maximum Gasteiger partial charge on any atom is 0.322 e. The van der Waals surface area contributed by atoms with Crippen molar-refractivity contribution in [3.8, 4) is 0 Å². The van der Waals surface area contributed by atoms with E-state index in [1.165, 1.54) is 0 Å². The second-order valence-corrected chi connectivity index (χ2v) is 7.23. The van der Waals surface area contributed by atoms with Crippen molar-refractivity contribution in [1.82, 2.24) is 13.9 Å². The third-order valence-corrected chi connectivity index (χ3v) is 5.16. The van der Waals surface area contributed by atoms with E-state index < -0.39 is 22.2 Å². The van der Waals surface area contributed by atoms with Crippen molar-refractivity contribution in [1.29, 1.82) is 0 Å². The number of carbonyl (C=O) groups is 1. The lowest BCUT2D eigenvalue weighted by Gasteiger charge is -2.32. The number of nitrogens with one attached hydrogen (secondary N) is 1. The van der Waals surface area contributed by atoms with Gasteiger partial charge in [-0.05, 0) is 53.2 Å². The number of rotatable bonds is 7. The number of hydrogen-bond donors (Lipinski definition) is 2. The Morgan fingerprint density at radius 3 is 2.65 bits per heavy atom. The molecule has 2 atom stereocenters. The Kier molecular flexibility index (Phi) is 6.38. The summed E-state index contributed by atoms with van der Waals surface area (Å²) in [6, 6.07) is -1.17. The number of piperidine rings is 1. The molecule has 0 aromatic rings. The van der Waals surface area contributed by atoms with Crippen LogP contribution in [0.25, 0.3) is 0 Å². The van der Waals surface area contributed by atoms with Crippen LogP contribution < -0.4 is 4.72 Å². The summed E-state index contributed by atoms with van der Waals surface area (Å²) in [5.41, 5.74) is 0. The van der Waals surface area contributed by atoms with E-state index in [-0.39, 0.29) is 12.6 Å². The standard InChI is InChI=1S/C12H25N3O4S/c1-10(7-9-14(2)3)13-20(18,19)15-8-5-4-6-11(15)12(16)17/h10-11,13H,4-9H2,1-3H3,(H,16,17).